The van der Waals surface area contributed by atoms with Crippen LogP contribution in [0.1, 0.15) is 35.5 Å². The zero-order chi connectivity index (χ0) is 19.4. The number of thiazole rings is 1. The fraction of sp³-hybridized carbons (Fsp3) is 0.273. The Morgan fingerprint density at radius 2 is 1.89 bits per heavy atom. The number of nitrogens with zero attached hydrogens (tertiary/aromatic N) is 1. The van der Waals surface area contributed by atoms with E-state index in [1.165, 1.54) is 16.9 Å². The van der Waals surface area contributed by atoms with Gasteiger partial charge in [-0.15, -0.1) is 11.3 Å². The summed E-state index contributed by atoms with van der Waals surface area (Å²) in [6, 6.07) is 17.5. The molecule has 4 rings (SSSR count). The first-order chi connectivity index (χ1) is 13.6. The third-order valence-corrected chi connectivity index (χ3v) is 6.15. The normalized spacial score (nSPS) is 14.9. The van der Waals surface area contributed by atoms with Crippen molar-refractivity contribution in [3.05, 3.63) is 81.3 Å². The van der Waals surface area contributed by atoms with Crippen LogP contribution in [0.25, 0.3) is 0 Å². The average Bonchev–Trinajstić information content (AvgIpc) is 3.12. The van der Waals surface area contributed by atoms with Crippen molar-refractivity contribution in [3.8, 4) is 5.75 Å². The molecule has 4 nitrogen and oxygen atoms in total. The Morgan fingerprint density at radius 1 is 1.14 bits per heavy atom. The molecule has 2 aromatic carbocycles. The van der Waals surface area contributed by atoms with Crippen LogP contribution in [0.3, 0.4) is 0 Å². The van der Waals surface area contributed by atoms with Gasteiger partial charge in [0.15, 0.2) is 0 Å². The first-order valence-electron chi connectivity index (χ1n) is 9.31. The highest BCUT2D eigenvalue weighted by Gasteiger charge is 2.39. The molecule has 1 N–H and O–H groups in total. The lowest BCUT2D eigenvalue weighted by atomic mass is 9.71. The fourth-order valence-electron chi connectivity index (χ4n) is 3.42. The Hall–Kier alpha value is -2.37. The highest BCUT2D eigenvalue weighted by atomic mass is 35.5. The van der Waals surface area contributed by atoms with Gasteiger partial charge < -0.3 is 10.1 Å². The molecule has 6 heteroatoms. The van der Waals surface area contributed by atoms with Crippen LogP contribution in [0.15, 0.2) is 60.0 Å². The van der Waals surface area contributed by atoms with Crippen LogP contribution in [0.5, 0.6) is 5.75 Å². The van der Waals surface area contributed by atoms with E-state index < -0.39 is 0 Å². The van der Waals surface area contributed by atoms with E-state index >= 15 is 0 Å². The number of amides is 1. The van der Waals surface area contributed by atoms with Crippen molar-refractivity contribution in [1.82, 2.24) is 10.3 Å². The van der Waals surface area contributed by atoms with Gasteiger partial charge in [0.2, 0.25) is 5.91 Å². The minimum absolute atomic E-state index is 0.0130. The van der Waals surface area contributed by atoms with E-state index in [0.717, 1.165) is 35.7 Å². The average molecular weight is 413 g/mol. The highest BCUT2D eigenvalue weighted by molar-refractivity contribution is 7.09. The second kappa shape index (κ2) is 8.33. The van der Waals surface area contributed by atoms with Crippen molar-refractivity contribution in [2.45, 2.75) is 37.8 Å². The summed E-state index contributed by atoms with van der Waals surface area (Å²) in [6.07, 6.45) is 3.39. The smallest absolute Gasteiger partial charge is 0.226 e. The first kappa shape index (κ1) is 19.0. The molecule has 144 valence electrons. The van der Waals surface area contributed by atoms with Crippen molar-refractivity contribution in [3.63, 3.8) is 0 Å². The lowest BCUT2D eigenvalue weighted by molar-refractivity contribution is -0.123. The van der Waals surface area contributed by atoms with Crippen LogP contribution in [0.2, 0.25) is 5.02 Å². The van der Waals surface area contributed by atoms with Gasteiger partial charge in [0.25, 0.3) is 0 Å². The zero-order valence-corrected chi connectivity index (χ0v) is 16.9. The number of hydrogen-bond donors (Lipinski definition) is 1. The van der Waals surface area contributed by atoms with E-state index in [2.05, 4.69) is 22.4 Å². The number of ether oxygens (including phenoxy) is 1. The van der Waals surface area contributed by atoms with Gasteiger partial charge in [-0.25, -0.2) is 4.98 Å². The molecule has 0 spiro atoms. The monoisotopic (exact) mass is 412 g/mol. The van der Waals surface area contributed by atoms with Gasteiger partial charge in [-0.1, -0.05) is 41.9 Å². The van der Waals surface area contributed by atoms with Crippen molar-refractivity contribution < 1.29 is 9.53 Å². The summed E-state index contributed by atoms with van der Waals surface area (Å²) in [4.78, 5) is 17.2. The van der Waals surface area contributed by atoms with E-state index in [4.69, 9.17) is 16.3 Å². The van der Waals surface area contributed by atoms with E-state index in [0.29, 0.717) is 11.6 Å². The fourth-order valence-corrected chi connectivity index (χ4v) is 4.25. The SMILES string of the molecule is O=C(Cc1csc(COc2ccc(Cl)cc2)n1)NC1(c2ccccc2)CCC1. The molecule has 0 bridgehead atoms. The van der Waals surface area contributed by atoms with Gasteiger partial charge in [0.05, 0.1) is 17.7 Å². The van der Waals surface area contributed by atoms with Crippen LogP contribution < -0.4 is 10.1 Å². The summed E-state index contributed by atoms with van der Waals surface area (Å²) in [5.41, 5.74) is 1.75. The van der Waals surface area contributed by atoms with Crippen molar-refractivity contribution in [1.29, 1.82) is 0 Å². The molecule has 3 aromatic rings. The van der Waals surface area contributed by atoms with Crippen molar-refractivity contribution in [2.75, 3.05) is 0 Å². The number of nitrogens with one attached hydrogen (secondary N) is 1. The number of aromatic nitrogens is 1. The van der Waals surface area contributed by atoms with Gasteiger partial charge >= 0.3 is 0 Å². The van der Waals surface area contributed by atoms with Crippen LogP contribution >= 0.6 is 22.9 Å². The highest BCUT2D eigenvalue weighted by Crippen LogP contribution is 2.41. The maximum atomic E-state index is 12.6. The predicted molar refractivity (Wildman–Crippen MR) is 112 cm³/mol. The Labute approximate surface area is 173 Å². The van der Waals surface area contributed by atoms with Gasteiger partial charge in [-0.2, -0.15) is 0 Å². The van der Waals surface area contributed by atoms with Crippen LogP contribution in [-0.2, 0) is 23.4 Å². The molecule has 1 aromatic heterocycles. The Kier molecular flexibility index (Phi) is 5.64. The van der Waals surface area contributed by atoms with Crippen molar-refractivity contribution in [2.24, 2.45) is 0 Å². The van der Waals surface area contributed by atoms with E-state index in [9.17, 15) is 4.79 Å². The van der Waals surface area contributed by atoms with Crippen molar-refractivity contribution >= 4 is 28.8 Å². The number of rotatable bonds is 7. The topological polar surface area (TPSA) is 51.2 Å². The Bertz CT molecular complexity index is 937. The molecule has 0 unspecified atom stereocenters. The van der Waals surface area contributed by atoms with Gasteiger partial charge in [-0.05, 0) is 49.1 Å². The van der Waals surface area contributed by atoms with E-state index in [1.54, 1.807) is 12.1 Å². The second-order valence-electron chi connectivity index (χ2n) is 7.00. The summed E-state index contributed by atoms with van der Waals surface area (Å²) >= 11 is 7.38. The Morgan fingerprint density at radius 3 is 2.57 bits per heavy atom. The van der Waals surface area contributed by atoms with Crippen LogP contribution in [0, 0.1) is 0 Å². The number of benzene rings is 2. The number of hydrogen-bond acceptors (Lipinski definition) is 4. The number of carbonyl (C=O) groups is 1. The molecule has 0 aliphatic heterocycles. The van der Waals surface area contributed by atoms with Gasteiger partial charge in [0.1, 0.15) is 17.4 Å². The Balaban J connectivity index is 1.33. The largest absolute Gasteiger partial charge is 0.486 e. The molecule has 1 aliphatic rings. The summed E-state index contributed by atoms with van der Waals surface area (Å²) in [5.74, 6) is 0.757. The molecule has 1 fully saturated rings. The molecule has 0 saturated heterocycles. The summed E-state index contributed by atoms with van der Waals surface area (Å²) in [5, 5.41) is 6.70. The second-order valence-corrected chi connectivity index (χ2v) is 8.38. The predicted octanol–water partition coefficient (Wildman–Crippen LogP) is 5.11. The van der Waals surface area contributed by atoms with Gasteiger partial charge in [-0.3, -0.25) is 4.79 Å². The summed E-state index contributed by atoms with van der Waals surface area (Å²) in [6.45, 7) is 0.377. The maximum absolute atomic E-state index is 12.6. The molecule has 28 heavy (non-hydrogen) atoms. The molecule has 0 atom stereocenters. The van der Waals surface area contributed by atoms with E-state index in [-0.39, 0.29) is 17.9 Å². The summed E-state index contributed by atoms with van der Waals surface area (Å²) < 4.78 is 5.72. The van der Waals surface area contributed by atoms with Crippen LogP contribution in [-0.4, -0.2) is 10.9 Å². The third-order valence-electron chi connectivity index (χ3n) is 5.03. The van der Waals surface area contributed by atoms with Gasteiger partial charge in [0, 0.05) is 10.4 Å². The minimum atomic E-state index is -0.213. The summed E-state index contributed by atoms with van der Waals surface area (Å²) in [7, 11) is 0. The number of halogens is 1. The zero-order valence-electron chi connectivity index (χ0n) is 15.4. The first-order valence-corrected chi connectivity index (χ1v) is 10.6. The quantitative estimate of drug-likeness (QED) is 0.586. The molecule has 1 amide bonds. The standard InChI is InChI=1S/C22H21ClN2O2S/c23-17-7-9-19(10-8-17)27-14-21-24-18(15-28-21)13-20(26)25-22(11-4-12-22)16-5-2-1-3-6-16/h1-3,5-10,15H,4,11-14H2,(H,25,26). The lowest BCUT2D eigenvalue weighted by Crippen LogP contribution is -2.51. The van der Waals surface area contributed by atoms with E-state index in [1.807, 2.05) is 35.7 Å². The molecule has 1 heterocycles. The van der Waals surface area contributed by atoms with Crippen LogP contribution in [0.4, 0.5) is 0 Å². The molecule has 1 aliphatic carbocycles. The molecular formula is C22H21ClN2O2S. The molecular weight excluding hydrogens is 392 g/mol. The molecule has 0 radical (unpaired) electrons. The third kappa shape index (κ3) is 4.37. The molecule has 1 saturated carbocycles. The number of carbonyl (C=O) groups excluding carboxylic acids is 1. The lowest BCUT2D eigenvalue weighted by Gasteiger charge is -2.43. The maximum Gasteiger partial charge on any atom is 0.226 e. The minimum Gasteiger partial charge on any atom is -0.486 e.